The van der Waals surface area contributed by atoms with E-state index < -0.39 is 0 Å². The van der Waals surface area contributed by atoms with Crippen LogP contribution in [0.15, 0.2) is 35.5 Å². The van der Waals surface area contributed by atoms with Crippen LogP contribution in [0, 0.1) is 0 Å². The zero-order chi connectivity index (χ0) is 13.5. The van der Waals surface area contributed by atoms with Gasteiger partial charge in [0.1, 0.15) is 11.6 Å². The molecule has 0 fully saturated rings. The SMILES string of the molecule is Cn1c(CN)nnc1SCCCOc1ccccc1. The molecule has 0 spiro atoms. The molecule has 0 radical (unpaired) electrons. The Morgan fingerprint density at radius 1 is 1.26 bits per heavy atom. The van der Waals surface area contributed by atoms with Crippen molar-refractivity contribution in [2.45, 2.75) is 18.1 Å². The van der Waals surface area contributed by atoms with Crippen molar-refractivity contribution < 1.29 is 4.74 Å². The smallest absolute Gasteiger partial charge is 0.190 e. The van der Waals surface area contributed by atoms with E-state index in [4.69, 9.17) is 10.5 Å². The number of para-hydroxylation sites is 1. The Morgan fingerprint density at radius 2 is 2.05 bits per heavy atom. The van der Waals surface area contributed by atoms with E-state index in [-0.39, 0.29) is 0 Å². The predicted molar refractivity (Wildman–Crippen MR) is 76.2 cm³/mol. The van der Waals surface area contributed by atoms with Gasteiger partial charge in [0.05, 0.1) is 13.2 Å². The molecule has 0 aliphatic carbocycles. The van der Waals surface area contributed by atoms with E-state index in [1.807, 2.05) is 41.9 Å². The fourth-order valence-corrected chi connectivity index (χ4v) is 2.42. The molecule has 0 unspecified atom stereocenters. The highest BCUT2D eigenvalue weighted by Gasteiger charge is 2.06. The Morgan fingerprint density at radius 3 is 2.74 bits per heavy atom. The summed E-state index contributed by atoms with van der Waals surface area (Å²) >= 11 is 1.67. The lowest BCUT2D eigenvalue weighted by Gasteiger charge is -2.05. The van der Waals surface area contributed by atoms with Crippen molar-refractivity contribution in [3.63, 3.8) is 0 Å². The highest BCUT2D eigenvalue weighted by atomic mass is 32.2. The topological polar surface area (TPSA) is 66.0 Å². The second-order valence-corrected chi connectivity index (χ2v) is 5.09. The average Bonchev–Trinajstić information content (AvgIpc) is 2.80. The minimum Gasteiger partial charge on any atom is -0.494 e. The molecule has 0 bridgehead atoms. The number of hydrogen-bond acceptors (Lipinski definition) is 5. The molecule has 0 aliphatic rings. The first-order chi connectivity index (χ1) is 9.31. The van der Waals surface area contributed by atoms with Crippen LogP contribution in [0.3, 0.4) is 0 Å². The maximum atomic E-state index is 5.62. The molecule has 0 amide bonds. The number of benzene rings is 1. The van der Waals surface area contributed by atoms with Crippen LogP contribution >= 0.6 is 11.8 Å². The first kappa shape index (κ1) is 13.9. The van der Waals surface area contributed by atoms with Gasteiger partial charge in [0.2, 0.25) is 0 Å². The van der Waals surface area contributed by atoms with Crippen LogP contribution < -0.4 is 10.5 Å². The lowest BCUT2D eigenvalue weighted by Crippen LogP contribution is -2.05. The van der Waals surface area contributed by atoms with Gasteiger partial charge in [-0.2, -0.15) is 0 Å². The molecule has 0 saturated carbocycles. The Balaban J connectivity index is 1.68. The van der Waals surface area contributed by atoms with Gasteiger partial charge in [-0.05, 0) is 18.6 Å². The van der Waals surface area contributed by atoms with Crippen LogP contribution in [0.25, 0.3) is 0 Å². The fourth-order valence-electron chi connectivity index (χ4n) is 1.58. The van der Waals surface area contributed by atoms with Gasteiger partial charge < -0.3 is 15.0 Å². The highest BCUT2D eigenvalue weighted by molar-refractivity contribution is 7.99. The molecule has 102 valence electrons. The maximum Gasteiger partial charge on any atom is 0.190 e. The third kappa shape index (κ3) is 3.97. The molecule has 6 heteroatoms. The van der Waals surface area contributed by atoms with Crippen molar-refractivity contribution in [1.82, 2.24) is 14.8 Å². The fraction of sp³-hybridized carbons (Fsp3) is 0.385. The van der Waals surface area contributed by atoms with Gasteiger partial charge in [0, 0.05) is 12.8 Å². The summed E-state index contributed by atoms with van der Waals surface area (Å²) < 4.78 is 7.56. The van der Waals surface area contributed by atoms with Gasteiger partial charge >= 0.3 is 0 Å². The number of thioether (sulfide) groups is 1. The molecule has 2 rings (SSSR count). The van der Waals surface area contributed by atoms with Gasteiger partial charge in [-0.15, -0.1) is 10.2 Å². The normalized spacial score (nSPS) is 10.6. The van der Waals surface area contributed by atoms with E-state index in [9.17, 15) is 0 Å². The molecular formula is C13H18N4OS. The third-order valence-electron chi connectivity index (χ3n) is 2.64. The van der Waals surface area contributed by atoms with Gasteiger partial charge in [-0.1, -0.05) is 30.0 Å². The zero-order valence-electron chi connectivity index (χ0n) is 11.0. The van der Waals surface area contributed by atoms with E-state index >= 15 is 0 Å². The summed E-state index contributed by atoms with van der Waals surface area (Å²) in [6.45, 7) is 1.12. The highest BCUT2D eigenvalue weighted by Crippen LogP contribution is 2.16. The number of ether oxygens (including phenoxy) is 1. The van der Waals surface area contributed by atoms with E-state index in [1.54, 1.807) is 11.8 Å². The Hall–Kier alpha value is -1.53. The summed E-state index contributed by atoms with van der Waals surface area (Å²) in [5.41, 5.74) is 5.55. The molecular weight excluding hydrogens is 260 g/mol. The first-order valence-electron chi connectivity index (χ1n) is 6.20. The monoisotopic (exact) mass is 278 g/mol. The summed E-state index contributed by atoms with van der Waals surface area (Å²) in [5.74, 6) is 2.67. The number of nitrogens with zero attached hydrogens (tertiary/aromatic N) is 3. The molecule has 0 saturated heterocycles. The standard InChI is InChI=1S/C13H18N4OS/c1-17-12(10-14)15-16-13(17)19-9-5-8-18-11-6-3-2-4-7-11/h2-4,6-7H,5,8-10,14H2,1H3. The molecule has 1 heterocycles. The van der Waals surface area contributed by atoms with Crippen molar-refractivity contribution in [3.8, 4) is 5.75 Å². The van der Waals surface area contributed by atoms with Crippen LogP contribution in [-0.4, -0.2) is 27.1 Å². The van der Waals surface area contributed by atoms with Crippen LogP contribution in [-0.2, 0) is 13.6 Å². The molecule has 19 heavy (non-hydrogen) atoms. The predicted octanol–water partition coefficient (Wildman–Crippen LogP) is 1.83. The van der Waals surface area contributed by atoms with Crippen molar-refractivity contribution in [1.29, 1.82) is 0 Å². The summed E-state index contributed by atoms with van der Waals surface area (Å²) in [4.78, 5) is 0. The quantitative estimate of drug-likeness (QED) is 0.618. The van der Waals surface area contributed by atoms with Crippen molar-refractivity contribution in [2.24, 2.45) is 12.8 Å². The molecule has 5 nitrogen and oxygen atoms in total. The van der Waals surface area contributed by atoms with Crippen molar-refractivity contribution in [3.05, 3.63) is 36.2 Å². The van der Waals surface area contributed by atoms with E-state index in [1.165, 1.54) is 0 Å². The van der Waals surface area contributed by atoms with Crippen LogP contribution in [0.5, 0.6) is 5.75 Å². The molecule has 2 aromatic rings. The molecule has 1 aromatic carbocycles. The minimum atomic E-state index is 0.418. The van der Waals surface area contributed by atoms with E-state index in [0.29, 0.717) is 13.2 Å². The molecule has 0 atom stereocenters. The van der Waals surface area contributed by atoms with Gasteiger partial charge in [0.25, 0.3) is 0 Å². The summed E-state index contributed by atoms with van der Waals surface area (Å²) in [5, 5.41) is 9.02. The number of nitrogens with two attached hydrogens (primary N) is 1. The average molecular weight is 278 g/mol. The lowest BCUT2D eigenvalue weighted by molar-refractivity contribution is 0.318. The molecule has 0 aliphatic heterocycles. The van der Waals surface area contributed by atoms with E-state index in [0.717, 1.165) is 28.9 Å². The summed E-state index contributed by atoms with van der Waals surface area (Å²) in [7, 11) is 1.94. The van der Waals surface area contributed by atoms with Crippen LogP contribution in [0.1, 0.15) is 12.2 Å². The van der Waals surface area contributed by atoms with Crippen LogP contribution in [0.2, 0.25) is 0 Å². The summed E-state index contributed by atoms with van der Waals surface area (Å²) in [6, 6.07) is 9.84. The number of aromatic nitrogens is 3. The molecule has 2 N–H and O–H groups in total. The van der Waals surface area contributed by atoms with E-state index in [2.05, 4.69) is 10.2 Å². The number of hydrogen-bond donors (Lipinski definition) is 1. The Kier molecular flexibility index (Phi) is 5.23. The van der Waals surface area contributed by atoms with Gasteiger partial charge in [0.15, 0.2) is 5.16 Å². The lowest BCUT2D eigenvalue weighted by atomic mass is 10.3. The maximum absolute atomic E-state index is 5.62. The van der Waals surface area contributed by atoms with Crippen LogP contribution in [0.4, 0.5) is 0 Å². The molecule has 1 aromatic heterocycles. The Bertz CT molecular complexity index is 501. The zero-order valence-corrected chi connectivity index (χ0v) is 11.8. The van der Waals surface area contributed by atoms with Gasteiger partial charge in [-0.3, -0.25) is 0 Å². The second-order valence-electron chi connectivity index (χ2n) is 4.03. The van der Waals surface area contributed by atoms with Gasteiger partial charge in [-0.25, -0.2) is 0 Å². The summed E-state index contributed by atoms with van der Waals surface area (Å²) in [6.07, 6.45) is 0.963. The first-order valence-corrected chi connectivity index (χ1v) is 7.19. The largest absolute Gasteiger partial charge is 0.494 e. The Labute approximate surface area is 117 Å². The second kappa shape index (κ2) is 7.16. The van der Waals surface area contributed by atoms with Crippen molar-refractivity contribution in [2.75, 3.05) is 12.4 Å². The minimum absolute atomic E-state index is 0.418. The third-order valence-corrected chi connectivity index (χ3v) is 3.75. The number of rotatable bonds is 7. The van der Waals surface area contributed by atoms with Crippen molar-refractivity contribution >= 4 is 11.8 Å².